The molecule has 4 heteroatoms. The summed E-state index contributed by atoms with van der Waals surface area (Å²) in [7, 11) is 0. The van der Waals surface area contributed by atoms with Crippen LogP contribution in [0.15, 0.2) is 12.7 Å². The fraction of sp³-hybridized carbons (Fsp3) is 0.818. The maximum atomic E-state index is 3.77. The lowest BCUT2D eigenvalue weighted by Crippen LogP contribution is -2.28. The fourth-order valence-electron chi connectivity index (χ4n) is 1.64. The molecule has 0 spiro atoms. The SMILES string of the molecule is CCC(CC)NCCCCn1cnnc1. The summed E-state index contributed by atoms with van der Waals surface area (Å²) in [5, 5.41) is 11.1. The molecule has 0 aromatic carbocycles. The molecule has 1 rings (SSSR count). The van der Waals surface area contributed by atoms with Gasteiger partial charge in [-0.15, -0.1) is 10.2 Å². The molecule has 0 aliphatic heterocycles. The highest BCUT2D eigenvalue weighted by atomic mass is 15.2. The average Bonchev–Trinajstić information content (AvgIpc) is 2.76. The Morgan fingerprint density at radius 3 is 2.40 bits per heavy atom. The van der Waals surface area contributed by atoms with Gasteiger partial charge < -0.3 is 9.88 Å². The normalized spacial score (nSPS) is 11.1. The van der Waals surface area contributed by atoms with E-state index in [0.29, 0.717) is 6.04 Å². The van der Waals surface area contributed by atoms with E-state index in [0.717, 1.165) is 13.1 Å². The second-order valence-corrected chi connectivity index (χ2v) is 3.87. The van der Waals surface area contributed by atoms with Gasteiger partial charge in [0.15, 0.2) is 0 Å². The van der Waals surface area contributed by atoms with Crippen LogP contribution in [-0.4, -0.2) is 27.4 Å². The van der Waals surface area contributed by atoms with Gasteiger partial charge in [-0.3, -0.25) is 0 Å². The zero-order valence-electron chi connectivity index (χ0n) is 9.82. The molecule has 0 aliphatic rings. The number of hydrogen-bond donors (Lipinski definition) is 1. The quantitative estimate of drug-likeness (QED) is 0.666. The molecule has 0 saturated heterocycles. The van der Waals surface area contributed by atoms with Gasteiger partial charge in [0.1, 0.15) is 12.7 Å². The van der Waals surface area contributed by atoms with E-state index in [1.807, 2.05) is 4.57 Å². The van der Waals surface area contributed by atoms with Crippen molar-refractivity contribution in [2.24, 2.45) is 0 Å². The first kappa shape index (κ1) is 12.2. The Kier molecular flexibility index (Phi) is 6.00. The Bertz CT molecular complexity index is 229. The summed E-state index contributed by atoms with van der Waals surface area (Å²) in [6, 6.07) is 0.694. The highest BCUT2D eigenvalue weighted by Gasteiger charge is 2.00. The number of hydrogen-bond acceptors (Lipinski definition) is 3. The first-order chi connectivity index (χ1) is 7.36. The number of nitrogens with zero attached hydrogens (tertiary/aromatic N) is 3. The van der Waals surface area contributed by atoms with Gasteiger partial charge in [0.25, 0.3) is 0 Å². The van der Waals surface area contributed by atoms with Gasteiger partial charge in [0.05, 0.1) is 0 Å². The summed E-state index contributed by atoms with van der Waals surface area (Å²) in [5.74, 6) is 0. The lowest BCUT2D eigenvalue weighted by Gasteiger charge is -2.14. The molecule has 4 nitrogen and oxygen atoms in total. The zero-order valence-corrected chi connectivity index (χ0v) is 9.82. The molecule has 0 fully saturated rings. The van der Waals surface area contributed by atoms with Crippen LogP contribution < -0.4 is 5.32 Å². The molecule has 15 heavy (non-hydrogen) atoms. The molecule has 1 heterocycles. The lowest BCUT2D eigenvalue weighted by molar-refractivity contribution is 0.465. The van der Waals surface area contributed by atoms with Gasteiger partial charge in [0.2, 0.25) is 0 Å². The smallest absolute Gasteiger partial charge is 0.119 e. The predicted octanol–water partition coefficient (Wildman–Crippen LogP) is 1.84. The number of unbranched alkanes of at least 4 members (excludes halogenated alkanes) is 1. The van der Waals surface area contributed by atoms with Gasteiger partial charge in [-0.25, -0.2) is 0 Å². The van der Waals surface area contributed by atoms with Crippen molar-refractivity contribution in [1.82, 2.24) is 20.1 Å². The molecule has 0 unspecified atom stereocenters. The van der Waals surface area contributed by atoms with Crippen molar-refractivity contribution in [3.8, 4) is 0 Å². The molecular weight excluding hydrogens is 188 g/mol. The maximum Gasteiger partial charge on any atom is 0.119 e. The predicted molar refractivity (Wildman–Crippen MR) is 61.6 cm³/mol. The standard InChI is InChI=1S/C11H22N4/c1-3-11(4-2)12-7-5-6-8-15-9-13-14-10-15/h9-12H,3-8H2,1-2H3. The molecule has 0 saturated carbocycles. The Morgan fingerprint density at radius 1 is 1.13 bits per heavy atom. The van der Waals surface area contributed by atoms with E-state index in [2.05, 4.69) is 29.4 Å². The van der Waals surface area contributed by atoms with Crippen molar-refractivity contribution < 1.29 is 0 Å². The Hall–Kier alpha value is -0.900. The van der Waals surface area contributed by atoms with E-state index in [9.17, 15) is 0 Å². The third kappa shape index (κ3) is 4.93. The van der Waals surface area contributed by atoms with Crippen LogP contribution in [0.3, 0.4) is 0 Å². The number of aromatic nitrogens is 3. The summed E-state index contributed by atoms with van der Waals surface area (Å²) in [6.45, 7) is 6.61. The number of aryl methyl sites for hydroxylation is 1. The van der Waals surface area contributed by atoms with Gasteiger partial charge in [-0.05, 0) is 32.2 Å². The molecule has 0 atom stereocenters. The monoisotopic (exact) mass is 210 g/mol. The van der Waals surface area contributed by atoms with Crippen molar-refractivity contribution in [2.45, 2.75) is 52.1 Å². The van der Waals surface area contributed by atoms with Crippen LogP contribution >= 0.6 is 0 Å². The second-order valence-electron chi connectivity index (χ2n) is 3.87. The molecule has 0 amide bonds. The second kappa shape index (κ2) is 7.40. The van der Waals surface area contributed by atoms with Gasteiger partial charge in [0, 0.05) is 12.6 Å². The number of rotatable bonds is 8. The topological polar surface area (TPSA) is 42.7 Å². The minimum absolute atomic E-state index is 0.694. The summed E-state index contributed by atoms with van der Waals surface area (Å²) in [4.78, 5) is 0. The number of nitrogens with one attached hydrogen (secondary N) is 1. The molecular formula is C11H22N4. The van der Waals surface area contributed by atoms with Crippen LogP contribution in [0, 0.1) is 0 Å². The van der Waals surface area contributed by atoms with Crippen molar-refractivity contribution in [1.29, 1.82) is 0 Å². The van der Waals surface area contributed by atoms with Crippen LogP contribution in [0.4, 0.5) is 0 Å². The van der Waals surface area contributed by atoms with Crippen molar-refractivity contribution in [2.75, 3.05) is 6.54 Å². The van der Waals surface area contributed by atoms with E-state index in [4.69, 9.17) is 0 Å². The van der Waals surface area contributed by atoms with E-state index < -0.39 is 0 Å². The first-order valence-corrected chi connectivity index (χ1v) is 5.92. The third-order valence-corrected chi connectivity index (χ3v) is 2.73. The van der Waals surface area contributed by atoms with Gasteiger partial charge in [-0.1, -0.05) is 13.8 Å². The van der Waals surface area contributed by atoms with Crippen LogP contribution in [0.25, 0.3) is 0 Å². The molecule has 0 radical (unpaired) electrons. The summed E-state index contributed by atoms with van der Waals surface area (Å²) in [6.07, 6.45) is 8.40. The van der Waals surface area contributed by atoms with Crippen LogP contribution in [0.2, 0.25) is 0 Å². The molecule has 0 bridgehead atoms. The maximum absolute atomic E-state index is 3.77. The van der Waals surface area contributed by atoms with E-state index in [1.165, 1.54) is 25.7 Å². The Balaban J connectivity index is 1.97. The average molecular weight is 210 g/mol. The molecule has 86 valence electrons. The highest BCUT2D eigenvalue weighted by Crippen LogP contribution is 1.98. The fourth-order valence-corrected chi connectivity index (χ4v) is 1.64. The highest BCUT2D eigenvalue weighted by molar-refractivity contribution is 4.63. The largest absolute Gasteiger partial charge is 0.320 e. The van der Waals surface area contributed by atoms with Crippen molar-refractivity contribution >= 4 is 0 Å². The zero-order chi connectivity index (χ0) is 10.9. The van der Waals surface area contributed by atoms with Crippen molar-refractivity contribution in [3.05, 3.63) is 12.7 Å². The molecule has 1 aromatic heterocycles. The summed E-state index contributed by atoms with van der Waals surface area (Å²) in [5.41, 5.74) is 0. The van der Waals surface area contributed by atoms with Crippen LogP contribution in [-0.2, 0) is 6.54 Å². The molecule has 0 aliphatic carbocycles. The minimum atomic E-state index is 0.694. The summed E-state index contributed by atoms with van der Waals surface area (Å²) < 4.78 is 2.02. The van der Waals surface area contributed by atoms with Crippen LogP contribution in [0.1, 0.15) is 39.5 Å². The Morgan fingerprint density at radius 2 is 1.80 bits per heavy atom. The Labute approximate surface area is 92.1 Å². The molecule has 1 N–H and O–H groups in total. The van der Waals surface area contributed by atoms with E-state index in [1.54, 1.807) is 12.7 Å². The van der Waals surface area contributed by atoms with Crippen LogP contribution in [0.5, 0.6) is 0 Å². The van der Waals surface area contributed by atoms with Gasteiger partial charge in [-0.2, -0.15) is 0 Å². The van der Waals surface area contributed by atoms with E-state index >= 15 is 0 Å². The first-order valence-electron chi connectivity index (χ1n) is 5.92. The minimum Gasteiger partial charge on any atom is -0.320 e. The third-order valence-electron chi connectivity index (χ3n) is 2.73. The van der Waals surface area contributed by atoms with E-state index in [-0.39, 0.29) is 0 Å². The van der Waals surface area contributed by atoms with Gasteiger partial charge >= 0.3 is 0 Å². The summed E-state index contributed by atoms with van der Waals surface area (Å²) >= 11 is 0. The van der Waals surface area contributed by atoms with Crippen molar-refractivity contribution in [3.63, 3.8) is 0 Å². The lowest BCUT2D eigenvalue weighted by atomic mass is 10.1. The molecule has 1 aromatic rings.